The van der Waals surface area contributed by atoms with Crippen LogP contribution in [0, 0.1) is 0 Å². The first-order valence-electron chi connectivity index (χ1n) is 10.5. The number of carbonyl (C=O) groups excluding carboxylic acids is 3. The maximum atomic E-state index is 12.0. The molecule has 3 amide bonds. The van der Waals surface area contributed by atoms with E-state index in [0.717, 1.165) is 18.4 Å². The molecule has 1 aliphatic carbocycles. The van der Waals surface area contributed by atoms with Crippen LogP contribution in [0.4, 0.5) is 10.5 Å². The van der Waals surface area contributed by atoms with Crippen LogP contribution in [0.5, 0.6) is 0 Å². The van der Waals surface area contributed by atoms with Gasteiger partial charge in [-0.25, -0.2) is 4.79 Å². The van der Waals surface area contributed by atoms with Crippen LogP contribution in [0.2, 0.25) is 0 Å². The summed E-state index contributed by atoms with van der Waals surface area (Å²) in [5.74, 6) is -0.256. The van der Waals surface area contributed by atoms with Crippen molar-refractivity contribution >= 4 is 23.6 Å². The molecule has 1 aliphatic rings. The molecular weight excluding hydrogens is 382 g/mol. The highest BCUT2D eigenvalue weighted by Crippen LogP contribution is 2.22. The molecule has 0 saturated heterocycles. The Morgan fingerprint density at radius 3 is 2.30 bits per heavy atom. The first kappa shape index (κ1) is 23.4. The van der Waals surface area contributed by atoms with E-state index in [1.54, 1.807) is 39.0 Å². The Morgan fingerprint density at radius 2 is 1.67 bits per heavy atom. The van der Waals surface area contributed by atoms with E-state index in [2.05, 4.69) is 16.0 Å². The molecule has 0 atom stereocenters. The maximum absolute atomic E-state index is 12.0. The number of ether oxygens (including phenoxy) is 1. The summed E-state index contributed by atoms with van der Waals surface area (Å²) in [4.78, 5) is 35.6. The lowest BCUT2D eigenvalue weighted by atomic mass is 9.94. The number of anilines is 1. The zero-order valence-corrected chi connectivity index (χ0v) is 18.2. The average molecular weight is 416 g/mol. The highest BCUT2D eigenvalue weighted by Gasteiger charge is 2.16. The summed E-state index contributed by atoms with van der Waals surface area (Å²) in [5, 5.41) is 8.24. The normalized spacial score (nSPS) is 13.9. The number of carbonyl (C=O) groups is 3. The molecule has 0 unspecified atom stereocenters. The van der Waals surface area contributed by atoms with E-state index in [1.165, 1.54) is 24.8 Å². The van der Waals surface area contributed by atoms with Crippen LogP contribution in [0.15, 0.2) is 35.9 Å². The monoisotopic (exact) mass is 415 g/mol. The van der Waals surface area contributed by atoms with Crippen molar-refractivity contribution in [2.24, 2.45) is 0 Å². The van der Waals surface area contributed by atoms with Gasteiger partial charge in [-0.1, -0.05) is 24.1 Å². The highest BCUT2D eigenvalue weighted by atomic mass is 16.6. The molecule has 0 radical (unpaired) electrons. The minimum absolute atomic E-state index is 0.0539. The summed E-state index contributed by atoms with van der Waals surface area (Å²) in [6, 6.07) is 7.31. The second kappa shape index (κ2) is 11.4. The number of nitrogens with one attached hydrogen (secondary N) is 3. The molecule has 164 valence electrons. The minimum atomic E-state index is -0.569. The second-order valence-electron chi connectivity index (χ2n) is 8.50. The average Bonchev–Trinajstić information content (AvgIpc) is 2.67. The summed E-state index contributed by atoms with van der Waals surface area (Å²) >= 11 is 0. The van der Waals surface area contributed by atoms with Gasteiger partial charge in [0.1, 0.15) is 5.60 Å². The van der Waals surface area contributed by atoms with Crippen LogP contribution in [0.3, 0.4) is 0 Å². The highest BCUT2D eigenvalue weighted by molar-refractivity contribution is 5.91. The van der Waals surface area contributed by atoms with E-state index in [4.69, 9.17) is 4.74 Å². The van der Waals surface area contributed by atoms with Crippen molar-refractivity contribution in [1.29, 1.82) is 0 Å². The van der Waals surface area contributed by atoms with Crippen LogP contribution in [0.1, 0.15) is 64.9 Å². The fraction of sp³-hybridized carbons (Fsp3) is 0.522. The molecule has 0 spiro atoms. The molecule has 3 N–H and O–H groups in total. The number of amides is 3. The third-order valence-electron chi connectivity index (χ3n) is 4.56. The SMILES string of the molecule is CC(C)(C)OC(=O)NCCC(=O)Nc1ccc(CNC(=O)C=C2CCCCC2)cc1. The molecule has 7 heteroatoms. The molecule has 1 saturated carbocycles. The Bertz CT molecular complexity index is 756. The lowest BCUT2D eigenvalue weighted by Gasteiger charge is -2.19. The van der Waals surface area contributed by atoms with Crippen molar-refractivity contribution in [2.75, 3.05) is 11.9 Å². The summed E-state index contributed by atoms with van der Waals surface area (Å²) in [6.07, 6.45) is 6.98. The molecule has 1 aromatic carbocycles. The fourth-order valence-electron chi connectivity index (χ4n) is 3.10. The van der Waals surface area contributed by atoms with E-state index < -0.39 is 11.7 Å². The Labute approximate surface area is 178 Å². The largest absolute Gasteiger partial charge is 0.444 e. The number of allylic oxidation sites excluding steroid dienone is 1. The Kier molecular flexibility index (Phi) is 8.89. The standard InChI is InChI=1S/C23H33N3O4/c1-23(2,3)30-22(29)24-14-13-20(27)26-19-11-9-18(10-12-19)16-25-21(28)15-17-7-5-4-6-8-17/h9-12,15H,4-8,13-14,16H2,1-3H3,(H,24,29)(H,25,28)(H,26,27). The molecule has 0 heterocycles. The quantitative estimate of drug-likeness (QED) is 0.586. The molecule has 0 aromatic heterocycles. The van der Waals surface area contributed by atoms with Gasteiger partial charge in [-0.3, -0.25) is 9.59 Å². The molecule has 0 aliphatic heterocycles. The number of alkyl carbamates (subject to hydrolysis) is 1. The zero-order chi connectivity index (χ0) is 22.0. The van der Waals surface area contributed by atoms with Crippen molar-refractivity contribution in [2.45, 2.75) is 71.4 Å². The zero-order valence-electron chi connectivity index (χ0n) is 18.2. The van der Waals surface area contributed by atoms with Crippen LogP contribution >= 0.6 is 0 Å². The van der Waals surface area contributed by atoms with Gasteiger partial charge in [0.15, 0.2) is 0 Å². The predicted molar refractivity (Wildman–Crippen MR) is 117 cm³/mol. The molecule has 0 bridgehead atoms. The van der Waals surface area contributed by atoms with Crippen LogP contribution in [-0.4, -0.2) is 30.1 Å². The molecule has 7 nitrogen and oxygen atoms in total. The van der Waals surface area contributed by atoms with Crippen LogP contribution < -0.4 is 16.0 Å². The summed E-state index contributed by atoms with van der Waals surface area (Å²) < 4.78 is 5.12. The van der Waals surface area contributed by atoms with Gasteiger partial charge >= 0.3 is 6.09 Å². The predicted octanol–water partition coefficient (Wildman–Crippen LogP) is 4.05. The van der Waals surface area contributed by atoms with Crippen molar-refractivity contribution in [3.63, 3.8) is 0 Å². The van der Waals surface area contributed by atoms with Gasteiger partial charge in [-0.15, -0.1) is 0 Å². The lowest BCUT2D eigenvalue weighted by Crippen LogP contribution is -2.34. The van der Waals surface area contributed by atoms with Gasteiger partial charge in [0.25, 0.3) is 0 Å². The number of rotatable bonds is 7. The topological polar surface area (TPSA) is 96.5 Å². The van der Waals surface area contributed by atoms with Crippen molar-refractivity contribution < 1.29 is 19.1 Å². The molecule has 1 aromatic rings. The van der Waals surface area contributed by atoms with E-state index in [9.17, 15) is 14.4 Å². The van der Waals surface area contributed by atoms with Crippen molar-refractivity contribution in [1.82, 2.24) is 10.6 Å². The van der Waals surface area contributed by atoms with Gasteiger partial charge in [0.05, 0.1) is 0 Å². The summed E-state index contributed by atoms with van der Waals surface area (Å²) in [5.41, 5.74) is 2.28. The van der Waals surface area contributed by atoms with Gasteiger partial charge in [-0.2, -0.15) is 0 Å². The maximum Gasteiger partial charge on any atom is 0.407 e. The number of hydrogen-bond donors (Lipinski definition) is 3. The van der Waals surface area contributed by atoms with Crippen molar-refractivity contribution in [3.8, 4) is 0 Å². The number of hydrogen-bond acceptors (Lipinski definition) is 4. The molecular formula is C23H33N3O4. The van der Waals surface area contributed by atoms with E-state index in [1.807, 2.05) is 12.1 Å². The smallest absolute Gasteiger partial charge is 0.407 e. The lowest BCUT2D eigenvalue weighted by molar-refractivity contribution is -0.117. The first-order chi connectivity index (χ1) is 14.2. The fourth-order valence-corrected chi connectivity index (χ4v) is 3.10. The van der Waals surface area contributed by atoms with Gasteiger partial charge in [0.2, 0.25) is 11.8 Å². The van der Waals surface area contributed by atoms with E-state index >= 15 is 0 Å². The third kappa shape index (κ3) is 9.58. The molecule has 1 fully saturated rings. The van der Waals surface area contributed by atoms with Gasteiger partial charge < -0.3 is 20.7 Å². The van der Waals surface area contributed by atoms with Gasteiger partial charge in [-0.05, 0) is 64.2 Å². The Balaban J connectivity index is 1.69. The van der Waals surface area contributed by atoms with Crippen molar-refractivity contribution in [3.05, 3.63) is 41.5 Å². The van der Waals surface area contributed by atoms with E-state index in [-0.39, 0.29) is 24.8 Å². The molecule has 2 rings (SSSR count). The minimum Gasteiger partial charge on any atom is -0.444 e. The molecule has 30 heavy (non-hydrogen) atoms. The summed E-state index contributed by atoms with van der Waals surface area (Å²) in [6.45, 7) is 5.98. The third-order valence-corrected chi connectivity index (χ3v) is 4.56. The summed E-state index contributed by atoms with van der Waals surface area (Å²) in [7, 11) is 0. The van der Waals surface area contributed by atoms with Crippen LogP contribution in [-0.2, 0) is 20.9 Å². The first-order valence-corrected chi connectivity index (χ1v) is 10.5. The Hall–Kier alpha value is -2.83. The Morgan fingerprint density at radius 1 is 1.00 bits per heavy atom. The number of benzene rings is 1. The van der Waals surface area contributed by atoms with Crippen LogP contribution in [0.25, 0.3) is 0 Å². The van der Waals surface area contributed by atoms with Gasteiger partial charge in [0, 0.05) is 31.3 Å². The van der Waals surface area contributed by atoms with E-state index in [0.29, 0.717) is 12.2 Å². The second-order valence-corrected chi connectivity index (χ2v) is 8.50.